The van der Waals surface area contributed by atoms with Crippen LogP contribution in [-0.2, 0) is 0 Å². The standard InChI is InChI=1S/C7H4ClF3INOS.C2H6/c1-3-2-4(15-12)6(13-5(3)8)14-7(9,10)11;1-2/h2H,1H3;1-2H3. The van der Waals surface area contributed by atoms with E-state index < -0.39 is 12.2 Å². The van der Waals surface area contributed by atoms with Crippen LogP contribution in [0.5, 0.6) is 5.88 Å². The predicted octanol–water partition coefficient (Wildman–Crippen LogP) is 5.41. The number of nitrogens with zero attached hydrogens (tertiary/aromatic N) is 1. The maximum Gasteiger partial charge on any atom is 0.574 e. The van der Waals surface area contributed by atoms with Crippen LogP contribution in [0.15, 0.2) is 11.0 Å². The molecule has 17 heavy (non-hydrogen) atoms. The number of pyridine rings is 1. The van der Waals surface area contributed by atoms with Gasteiger partial charge in [-0.3, -0.25) is 0 Å². The summed E-state index contributed by atoms with van der Waals surface area (Å²) in [6.45, 7) is 5.66. The molecule has 1 aromatic rings. The van der Waals surface area contributed by atoms with Crippen LogP contribution in [0, 0.1) is 6.92 Å². The van der Waals surface area contributed by atoms with Gasteiger partial charge in [0.05, 0.1) is 4.90 Å². The third-order valence-electron chi connectivity index (χ3n) is 1.38. The Hall–Kier alpha value is 0.110. The fourth-order valence-corrected chi connectivity index (χ4v) is 2.24. The molecule has 0 atom stereocenters. The highest BCUT2D eigenvalue weighted by molar-refractivity contribution is 14.2. The lowest BCUT2D eigenvalue weighted by molar-refractivity contribution is -0.277. The van der Waals surface area contributed by atoms with Crippen molar-refractivity contribution in [1.82, 2.24) is 4.98 Å². The maximum absolute atomic E-state index is 12.0. The van der Waals surface area contributed by atoms with Gasteiger partial charge in [-0.1, -0.05) is 25.4 Å². The quantitative estimate of drug-likeness (QED) is 0.490. The number of ether oxygens (including phenoxy) is 1. The molecule has 0 aliphatic carbocycles. The van der Waals surface area contributed by atoms with Crippen molar-refractivity contribution in [3.8, 4) is 5.88 Å². The van der Waals surface area contributed by atoms with Gasteiger partial charge in [0.2, 0.25) is 5.88 Å². The van der Waals surface area contributed by atoms with Crippen LogP contribution in [-0.4, -0.2) is 11.3 Å². The number of alkyl halides is 3. The zero-order valence-corrected chi connectivity index (χ0v) is 13.0. The molecule has 1 heterocycles. The molecule has 0 saturated carbocycles. The Kier molecular flexibility index (Phi) is 7.57. The molecule has 8 heteroatoms. The summed E-state index contributed by atoms with van der Waals surface area (Å²) >= 11 is 7.45. The summed E-state index contributed by atoms with van der Waals surface area (Å²) in [7, 11) is 1.08. The van der Waals surface area contributed by atoms with E-state index in [1.54, 1.807) is 6.92 Å². The van der Waals surface area contributed by atoms with Crippen LogP contribution in [0.1, 0.15) is 19.4 Å². The molecule has 2 nitrogen and oxygen atoms in total. The minimum absolute atomic E-state index is 0.00319. The van der Waals surface area contributed by atoms with Crippen LogP contribution >= 0.6 is 41.7 Å². The van der Waals surface area contributed by atoms with Crippen LogP contribution in [0.4, 0.5) is 13.2 Å². The molecule has 0 bridgehead atoms. The first-order valence-electron chi connectivity index (χ1n) is 4.55. The summed E-state index contributed by atoms with van der Waals surface area (Å²) in [6, 6.07) is 1.49. The summed E-state index contributed by atoms with van der Waals surface area (Å²) in [5.74, 6) is -0.516. The van der Waals surface area contributed by atoms with E-state index in [0.717, 1.165) is 8.93 Å². The van der Waals surface area contributed by atoms with Crippen LogP contribution in [0.3, 0.4) is 0 Å². The fourth-order valence-electron chi connectivity index (χ4n) is 0.788. The van der Waals surface area contributed by atoms with Crippen LogP contribution in [0.2, 0.25) is 5.15 Å². The van der Waals surface area contributed by atoms with Crippen molar-refractivity contribution in [2.75, 3.05) is 0 Å². The second-order valence-corrected chi connectivity index (χ2v) is 4.80. The van der Waals surface area contributed by atoms with Gasteiger partial charge in [0.1, 0.15) is 5.15 Å². The van der Waals surface area contributed by atoms with E-state index in [9.17, 15) is 13.2 Å². The van der Waals surface area contributed by atoms with Gasteiger partial charge < -0.3 is 4.74 Å². The first kappa shape index (κ1) is 17.1. The maximum atomic E-state index is 12.0. The van der Waals surface area contributed by atoms with Gasteiger partial charge in [0.15, 0.2) is 0 Å². The average Bonchev–Trinajstić information content (AvgIpc) is 2.24. The van der Waals surface area contributed by atoms with Crippen molar-refractivity contribution in [3.05, 3.63) is 16.8 Å². The minimum atomic E-state index is -4.76. The fraction of sp³-hybridized carbons (Fsp3) is 0.444. The van der Waals surface area contributed by atoms with Gasteiger partial charge in [-0.05, 0) is 27.5 Å². The van der Waals surface area contributed by atoms with Crippen LogP contribution < -0.4 is 4.74 Å². The van der Waals surface area contributed by atoms with Crippen molar-refractivity contribution in [3.63, 3.8) is 0 Å². The number of hydrogen-bond donors (Lipinski definition) is 0. The van der Waals surface area contributed by atoms with Gasteiger partial charge in [-0.25, -0.2) is 4.98 Å². The first-order valence-corrected chi connectivity index (χ1v) is 8.28. The topological polar surface area (TPSA) is 22.1 Å². The highest BCUT2D eigenvalue weighted by Gasteiger charge is 2.33. The van der Waals surface area contributed by atoms with E-state index in [4.69, 9.17) is 11.6 Å². The lowest BCUT2D eigenvalue weighted by Gasteiger charge is -2.11. The molecule has 0 spiro atoms. The highest BCUT2D eigenvalue weighted by Crippen LogP contribution is 2.37. The largest absolute Gasteiger partial charge is 0.574 e. The Balaban J connectivity index is 0.00000121. The van der Waals surface area contributed by atoms with Crippen molar-refractivity contribution in [2.24, 2.45) is 0 Å². The Morgan fingerprint density at radius 3 is 2.35 bits per heavy atom. The Morgan fingerprint density at radius 2 is 1.94 bits per heavy atom. The summed E-state index contributed by atoms with van der Waals surface area (Å²) in [6.07, 6.45) is -4.76. The second kappa shape index (κ2) is 7.52. The molecular formula is C9H10ClF3INOS. The molecule has 1 rings (SSSR count). The molecule has 0 amide bonds. The molecule has 0 saturated heterocycles. The normalized spacial score (nSPS) is 10.6. The molecule has 0 fully saturated rings. The summed E-state index contributed by atoms with van der Waals surface area (Å²) in [5, 5.41) is 0.00319. The molecule has 0 N–H and O–H groups in total. The predicted molar refractivity (Wildman–Crippen MR) is 71.9 cm³/mol. The first-order chi connectivity index (χ1) is 7.83. The average molecular weight is 400 g/mol. The Bertz CT molecular complexity index is 376. The number of halogens is 5. The third kappa shape index (κ3) is 6.01. The highest BCUT2D eigenvalue weighted by atomic mass is 127. The van der Waals surface area contributed by atoms with E-state index in [1.807, 2.05) is 35.1 Å². The van der Waals surface area contributed by atoms with Crippen molar-refractivity contribution in [1.29, 1.82) is 0 Å². The lowest BCUT2D eigenvalue weighted by Crippen LogP contribution is -2.18. The van der Waals surface area contributed by atoms with Crippen molar-refractivity contribution >= 4 is 41.7 Å². The summed E-state index contributed by atoms with van der Waals surface area (Å²) < 4.78 is 39.7. The number of aromatic nitrogens is 1. The second-order valence-electron chi connectivity index (χ2n) is 2.52. The molecule has 1 aromatic heterocycles. The molecule has 0 aromatic carbocycles. The molecular weight excluding hydrogens is 390 g/mol. The number of rotatable bonds is 2. The Morgan fingerprint density at radius 1 is 1.41 bits per heavy atom. The zero-order chi connectivity index (χ0) is 13.6. The van der Waals surface area contributed by atoms with Gasteiger partial charge in [-0.15, -0.1) is 13.2 Å². The zero-order valence-electron chi connectivity index (χ0n) is 9.23. The summed E-state index contributed by atoms with van der Waals surface area (Å²) in [5.41, 5.74) is 0.602. The van der Waals surface area contributed by atoms with E-state index >= 15 is 0 Å². The van der Waals surface area contributed by atoms with Crippen molar-refractivity contribution in [2.45, 2.75) is 32.0 Å². The number of aryl methyl sites for hydroxylation is 1. The van der Waals surface area contributed by atoms with E-state index in [1.165, 1.54) is 6.07 Å². The van der Waals surface area contributed by atoms with E-state index in [2.05, 4.69) is 9.72 Å². The molecule has 0 aliphatic rings. The molecule has 98 valence electrons. The lowest BCUT2D eigenvalue weighted by atomic mass is 10.3. The summed E-state index contributed by atoms with van der Waals surface area (Å²) in [4.78, 5) is 3.81. The monoisotopic (exact) mass is 399 g/mol. The van der Waals surface area contributed by atoms with Crippen molar-refractivity contribution < 1.29 is 17.9 Å². The van der Waals surface area contributed by atoms with Gasteiger partial charge in [-0.2, -0.15) is 0 Å². The smallest absolute Gasteiger partial charge is 0.387 e. The third-order valence-corrected chi connectivity index (χ3v) is 3.64. The Labute approximate surface area is 119 Å². The van der Waals surface area contributed by atoms with E-state index in [0.29, 0.717) is 5.56 Å². The van der Waals surface area contributed by atoms with Crippen LogP contribution in [0.25, 0.3) is 0 Å². The minimum Gasteiger partial charge on any atom is -0.387 e. The molecule has 0 radical (unpaired) electrons. The molecule has 0 unspecified atom stereocenters. The number of hydrogen-bond acceptors (Lipinski definition) is 3. The van der Waals surface area contributed by atoms with Gasteiger partial charge >= 0.3 is 6.36 Å². The van der Waals surface area contributed by atoms with Gasteiger partial charge in [0.25, 0.3) is 0 Å². The molecule has 0 aliphatic heterocycles. The van der Waals surface area contributed by atoms with Gasteiger partial charge in [0, 0.05) is 21.2 Å². The van der Waals surface area contributed by atoms with E-state index in [-0.39, 0.29) is 10.0 Å². The SMILES string of the molecule is CC.Cc1cc(SI)c(OC(F)(F)F)nc1Cl.